The molecule has 19 heavy (non-hydrogen) atoms. The number of halogens is 2. The SMILES string of the molecule is Clc1ccc2nc(C=Cc3ccccc3Cl)[nH]c2c1. The maximum absolute atomic E-state index is 6.09. The minimum atomic E-state index is 0.692. The van der Waals surface area contributed by atoms with Gasteiger partial charge in [0.1, 0.15) is 5.82 Å². The van der Waals surface area contributed by atoms with Crippen LogP contribution in [0.3, 0.4) is 0 Å². The summed E-state index contributed by atoms with van der Waals surface area (Å²) >= 11 is 12.0. The zero-order valence-corrected chi connectivity index (χ0v) is 11.4. The Morgan fingerprint density at radius 1 is 1.00 bits per heavy atom. The molecule has 0 aliphatic rings. The molecule has 0 amide bonds. The molecule has 0 spiro atoms. The van der Waals surface area contributed by atoms with Crippen molar-refractivity contribution >= 4 is 46.4 Å². The molecule has 0 saturated carbocycles. The molecule has 3 aromatic rings. The number of fused-ring (bicyclic) bond motifs is 1. The number of nitrogens with one attached hydrogen (secondary N) is 1. The van der Waals surface area contributed by atoms with E-state index in [0.29, 0.717) is 5.02 Å². The first kappa shape index (κ1) is 12.3. The van der Waals surface area contributed by atoms with Crippen LogP contribution in [0, 0.1) is 0 Å². The second kappa shape index (κ2) is 5.08. The summed E-state index contributed by atoms with van der Waals surface area (Å²) in [7, 11) is 0. The van der Waals surface area contributed by atoms with Crippen molar-refractivity contribution in [1.82, 2.24) is 9.97 Å². The normalized spacial score (nSPS) is 11.5. The summed E-state index contributed by atoms with van der Waals surface area (Å²) < 4.78 is 0. The Labute approximate surface area is 120 Å². The van der Waals surface area contributed by atoms with Crippen molar-refractivity contribution in [3.63, 3.8) is 0 Å². The molecular formula is C15H10Cl2N2. The highest BCUT2D eigenvalue weighted by molar-refractivity contribution is 6.32. The van der Waals surface area contributed by atoms with Crippen LogP contribution in [-0.2, 0) is 0 Å². The molecule has 0 bridgehead atoms. The summed E-state index contributed by atoms with van der Waals surface area (Å²) in [5.74, 6) is 0.775. The van der Waals surface area contributed by atoms with Gasteiger partial charge in [-0.2, -0.15) is 0 Å². The van der Waals surface area contributed by atoms with Crippen molar-refractivity contribution in [1.29, 1.82) is 0 Å². The van der Waals surface area contributed by atoms with E-state index in [1.54, 1.807) is 0 Å². The van der Waals surface area contributed by atoms with Crippen LogP contribution in [-0.4, -0.2) is 9.97 Å². The molecule has 0 atom stereocenters. The van der Waals surface area contributed by atoms with E-state index in [1.165, 1.54) is 0 Å². The van der Waals surface area contributed by atoms with Gasteiger partial charge in [-0.15, -0.1) is 0 Å². The molecule has 2 nitrogen and oxygen atoms in total. The molecule has 2 aromatic carbocycles. The van der Waals surface area contributed by atoms with Crippen LogP contribution >= 0.6 is 23.2 Å². The number of aromatic amines is 1. The van der Waals surface area contributed by atoms with E-state index < -0.39 is 0 Å². The number of aromatic nitrogens is 2. The van der Waals surface area contributed by atoms with E-state index in [0.717, 1.165) is 27.4 Å². The summed E-state index contributed by atoms with van der Waals surface area (Å²) in [6, 6.07) is 13.2. The van der Waals surface area contributed by atoms with Crippen molar-refractivity contribution in [3.8, 4) is 0 Å². The van der Waals surface area contributed by atoms with Gasteiger partial charge in [0.2, 0.25) is 0 Å². The third-order valence-corrected chi connectivity index (χ3v) is 3.37. The molecule has 0 unspecified atom stereocenters. The molecule has 1 aromatic heterocycles. The second-order valence-electron chi connectivity index (χ2n) is 4.14. The lowest BCUT2D eigenvalue weighted by Crippen LogP contribution is -1.76. The van der Waals surface area contributed by atoms with Crippen LogP contribution in [0.25, 0.3) is 23.2 Å². The second-order valence-corrected chi connectivity index (χ2v) is 4.98. The number of hydrogen-bond acceptors (Lipinski definition) is 1. The van der Waals surface area contributed by atoms with Gasteiger partial charge in [-0.3, -0.25) is 0 Å². The summed E-state index contributed by atoms with van der Waals surface area (Å²) in [6.45, 7) is 0. The zero-order valence-electron chi connectivity index (χ0n) is 9.90. The van der Waals surface area contributed by atoms with Gasteiger partial charge in [-0.25, -0.2) is 4.98 Å². The van der Waals surface area contributed by atoms with Crippen molar-refractivity contribution in [3.05, 3.63) is 63.9 Å². The fraction of sp³-hybridized carbons (Fsp3) is 0. The predicted octanol–water partition coefficient (Wildman–Crippen LogP) is 5.04. The number of hydrogen-bond donors (Lipinski definition) is 1. The molecular weight excluding hydrogens is 279 g/mol. The van der Waals surface area contributed by atoms with Crippen molar-refractivity contribution < 1.29 is 0 Å². The van der Waals surface area contributed by atoms with Crippen LogP contribution in [0.15, 0.2) is 42.5 Å². The standard InChI is InChI=1S/C15H10Cl2N2/c16-11-6-7-13-14(9-11)19-15(18-13)8-5-10-3-1-2-4-12(10)17/h1-9H,(H,18,19). The number of rotatable bonds is 2. The zero-order chi connectivity index (χ0) is 13.2. The predicted molar refractivity (Wildman–Crippen MR) is 81.5 cm³/mol. The number of benzene rings is 2. The number of imidazole rings is 1. The molecule has 0 fully saturated rings. The minimum Gasteiger partial charge on any atom is -0.338 e. The van der Waals surface area contributed by atoms with Crippen molar-refractivity contribution in [2.24, 2.45) is 0 Å². The molecule has 0 saturated heterocycles. The Balaban J connectivity index is 1.95. The average Bonchev–Trinajstić information content (AvgIpc) is 2.79. The first-order valence-electron chi connectivity index (χ1n) is 5.80. The maximum Gasteiger partial charge on any atom is 0.131 e. The smallest absolute Gasteiger partial charge is 0.131 e. The number of H-pyrrole nitrogens is 1. The summed E-state index contributed by atoms with van der Waals surface area (Å²) in [4.78, 5) is 7.66. The fourth-order valence-electron chi connectivity index (χ4n) is 1.86. The first-order valence-corrected chi connectivity index (χ1v) is 6.56. The van der Waals surface area contributed by atoms with Crippen LogP contribution in [0.4, 0.5) is 0 Å². The molecule has 1 N–H and O–H groups in total. The topological polar surface area (TPSA) is 28.7 Å². The average molecular weight is 289 g/mol. The fourth-order valence-corrected chi connectivity index (χ4v) is 2.23. The minimum absolute atomic E-state index is 0.692. The lowest BCUT2D eigenvalue weighted by molar-refractivity contribution is 1.29. The Morgan fingerprint density at radius 2 is 1.84 bits per heavy atom. The monoisotopic (exact) mass is 288 g/mol. The molecule has 0 aliphatic heterocycles. The van der Waals surface area contributed by atoms with Gasteiger partial charge < -0.3 is 4.98 Å². The molecule has 3 rings (SSSR count). The quantitative estimate of drug-likeness (QED) is 0.703. The molecule has 4 heteroatoms. The highest BCUT2D eigenvalue weighted by atomic mass is 35.5. The third-order valence-electron chi connectivity index (χ3n) is 2.79. The van der Waals surface area contributed by atoms with E-state index in [9.17, 15) is 0 Å². The van der Waals surface area contributed by atoms with Gasteiger partial charge in [-0.1, -0.05) is 41.4 Å². The summed E-state index contributed by atoms with van der Waals surface area (Å²) in [5.41, 5.74) is 2.78. The summed E-state index contributed by atoms with van der Waals surface area (Å²) in [5, 5.41) is 1.41. The molecule has 1 heterocycles. The Bertz CT molecular complexity index is 760. The van der Waals surface area contributed by atoms with Gasteiger partial charge >= 0.3 is 0 Å². The lowest BCUT2D eigenvalue weighted by atomic mass is 10.2. The van der Waals surface area contributed by atoms with Crippen LogP contribution < -0.4 is 0 Å². The van der Waals surface area contributed by atoms with Gasteiger partial charge in [0.15, 0.2) is 0 Å². The third kappa shape index (κ3) is 2.65. The van der Waals surface area contributed by atoms with Gasteiger partial charge in [0.25, 0.3) is 0 Å². The van der Waals surface area contributed by atoms with E-state index in [-0.39, 0.29) is 0 Å². The Hall–Kier alpha value is -1.77. The van der Waals surface area contributed by atoms with Gasteiger partial charge in [0, 0.05) is 10.0 Å². The van der Waals surface area contributed by atoms with Crippen LogP contribution in [0.5, 0.6) is 0 Å². The van der Waals surface area contributed by atoms with Crippen molar-refractivity contribution in [2.75, 3.05) is 0 Å². The van der Waals surface area contributed by atoms with E-state index >= 15 is 0 Å². The first-order chi connectivity index (χ1) is 9.22. The van der Waals surface area contributed by atoms with Crippen LogP contribution in [0.1, 0.15) is 11.4 Å². The molecule has 0 radical (unpaired) electrons. The Morgan fingerprint density at radius 3 is 2.68 bits per heavy atom. The highest BCUT2D eigenvalue weighted by Gasteiger charge is 2.01. The van der Waals surface area contributed by atoms with E-state index in [2.05, 4.69) is 9.97 Å². The van der Waals surface area contributed by atoms with E-state index in [4.69, 9.17) is 23.2 Å². The highest BCUT2D eigenvalue weighted by Crippen LogP contribution is 2.20. The largest absolute Gasteiger partial charge is 0.338 e. The van der Waals surface area contributed by atoms with Gasteiger partial charge in [0.05, 0.1) is 11.0 Å². The van der Waals surface area contributed by atoms with Crippen LogP contribution in [0.2, 0.25) is 10.0 Å². The van der Waals surface area contributed by atoms with Gasteiger partial charge in [-0.05, 0) is 42.0 Å². The van der Waals surface area contributed by atoms with Crippen molar-refractivity contribution in [2.45, 2.75) is 0 Å². The number of nitrogens with zero attached hydrogens (tertiary/aromatic N) is 1. The maximum atomic E-state index is 6.09. The molecule has 0 aliphatic carbocycles. The lowest BCUT2D eigenvalue weighted by Gasteiger charge is -1.95. The summed E-state index contributed by atoms with van der Waals surface area (Å²) in [6.07, 6.45) is 3.83. The van der Waals surface area contributed by atoms with E-state index in [1.807, 2.05) is 54.6 Å². The Kier molecular flexibility index (Phi) is 3.28. The molecule has 94 valence electrons.